The van der Waals surface area contributed by atoms with E-state index in [4.69, 9.17) is 21.7 Å². The summed E-state index contributed by atoms with van der Waals surface area (Å²) < 4.78 is 12.0. The molecular formula is C24H25N3O4S. The Morgan fingerprint density at radius 2 is 1.81 bits per heavy atom. The van der Waals surface area contributed by atoms with Crippen molar-refractivity contribution in [3.05, 3.63) is 77.4 Å². The number of aryl methyl sites for hydroxylation is 1. The van der Waals surface area contributed by atoms with Crippen molar-refractivity contribution in [2.75, 3.05) is 19.0 Å². The second kappa shape index (κ2) is 10.1. The standard InChI is InChI=1S/C24H25N3O4S/c1-5-31-18-11-9-17(10-12-18)26-23(32)21(27-13-7-6-8-14-27)22(28)20-15(2)19(16(3)25-20)24(29)30-4/h6-14H,5H2,1-4H3,(H2-,25,26,28,29,32). The predicted octanol–water partition coefficient (Wildman–Crippen LogP) is 3.23. The van der Waals surface area contributed by atoms with Crippen LogP contribution in [0.15, 0.2) is 54.9 Å². The zero-order valence-corrected chi connectivity index (χ0v) is 19.2. The number of benzene rings is 1. The molecule has 0 amide bonds. The van der Waals surface area contributed by atoms with Gasteiger partial charge in [-0.15, -0.1) is 0 Å². The highest BCUT2D eigenvalue weighted by atomic mass is 32.1. The van der Waals surface area contributed by atoms with Gasteiger partial charge in [-0.2, -0.15) is 4.57 Å². The molecule has 0 atom stereocenters. The molecule has 166 valence electrons. The van der Waals surface area contributed by atoms with E-state index in [1.54, 1.807) is 42.9 Å². The molecule has 7 nitrogen and oxygen atoms in total. The average molecular weight is 452 g/mol. The maximum Gasteiger partial charge on any atom is 0.339 e. The molecule has 32 heavy (non-hydrogen) atoms. The number of rotatable bonds is 7. The summed E-state index contributed by atoms with van der Waals surface area (Å²) in [5.74, 6) is -0.103. The normalized spacial score (nSPS) is 11.5. The van der Waals surface area contributed by atoms with Gasteiger partial charge in [0.25, 0.3) is 0 Å². The topological polar surface area (TPSA) is 90.3 Å². The summed E-state index contributed by atoms with van der Waals surface area (Å²) in [4.78, 5) is 15.4. The first-order valence-corrected chi connectivity index (χ1v) is 10.5. The number of thiocarbonyl (C=S) groups is 1. The Bertz CT molecular complexity index is 1150. The van der Waals surface area contributed by atoms with E-state index in [1.807, 2.05) is 37.3 Å². The van der Waals surface area contributed by atoms with Crippen molar-refractivity contribution >= 4 is 40.3 Å². The maximum atomic E-state index is 13.6. The third kappa shape index (κ3) is 4.81. The number of methoxy groups -OCH3 is 1. The fraction of sp³-hybridized carbons (Fsp3) is 0.208. The number of esters is 1. The smallest absolute Gasteiger partial charge is 0.339 e. The lowest BCUT2D eigenvalue weighted by Crippen LogP contribution is -2.40. The molecule has 1 aromatic carbocycles. The van der Waals surface area contributed by atoms with Crippen molar-refractivity contribution in [3.8, 4) is 5.75 Å². The molecule has 0 saturated heterocycles. The summed E-state index contributed by atoms with van der Waals surface area (Å²) in [5, 5.41) is 16.8. The fourth-order valence-corrected chi connectivity index (χ4v) is 3.70. The lowest BCUT2D eigenvalue weighted by molar-refractivity contribution is -0.577. The molecule has 0 aliphatic heterocycles. The molecular weight excluding hydrogens is 426 g/mol. The number of aromatic nitrogens is 2. The summed E-state index contributed by atoms with van der Waals surface area (Å²) in [5.41, 5.74) is 2.66. The quantitative estimate of drug-likeness (QED) is 0.188. The summed E-state index contributed by atoms with van der Waals surface area (Å²) in [6.45, 7) is 5.92. The van der Waals surface area contributed by atoms with Crippen LogP contribution >= 0.6 is 12.2 Å². The van der Waals surface area contributed by atoms with Gasteiger partial charge in [-0.1, -0.05) is 18.3 Å². The van der Waals surface area contributed by atoms with Crippen molar-refractivity contribution in [1.29, 1.82) is 0 Å². The van der Waals surface area contributed by atoms with Gasteiger partial charge in [0.2, 0.25) is 5.70 Å². The first-order chi connectivity index (χ1) is 15.4. The van der Waals surface area contributed by atoms with Crippen molar-refractivity contribution < 1.29 is 23.9 Å². The number of aromatic amines is 1. The number of carbonyl (C=O) groups excluding carboxylic acids is 1. The van der Waals surface area contributed by atoms with Crippen molar-refractivity contribution in [2.24, 2.45) is 0 Å². The first kappa shape index (κ1) is 23.0. The van der Waals surface area contributed by atoms with E-state index in [1.165, 1.54) is 7.11 Å². The first-order valence-electron chi connectivity index (χ1n) is 10.1. The molecule has 8 heteroatoms. The fourth-order valence-electron chi connectivity index (χ4n) is 3.38. The molecule has 2 N–H and O–H groups in total. The van der Waals surface area contributed by atoms with Crippen LogP contribution in [0.2, 0.25) is 0 Å². The lowest BCUT2D eigenvalue weighted by Gasteiger charge is -2.17. The largest absolute Gasteiger partial charge is 0.866 e. The van der Waals surface area contributed by atoms with Crippen molar-refractivity contribution in [3.63, 3.8) is 0 Å². The van der Waals surface area contributed by atoms with Crippen LogP contribution in [0.1, 0.15) is 34.2 Å². The molecule has 0 saturated carbocycles. The summed E-state index contributed by atoms with van der Waals surface area (Å²) >= 11 is 5.63. The Hall–Kier alpha value is -3.65. The number of carbonyl (C=O) groups is 1. The second-order valence-corrected chi connectivity index (χ2v) is 7.40. The van der Waals surface area contributed by atoms with E-state index >= 15 is 0 Å². The molecule has 0 spiro atoms. The molecule has 0 fully saturated rings. The van der Waals surface area contributed by atoms with Gasteiger partial charge in [0.05, 0.1) is 19.3 Å². The van der Waals surface area contributed by atoms with Gasteiger partial charge in [-0.25, -0.2) is 4.79 Å². The van der Waals surface area contributed by atoms with E-state index < -0.39 is 5.97 Å². The molecule has 0 radical (unpaired) electrons. The van der Waals surface area contributed by atoms with Crippen LogP contribution in [0, 0.1) is 13.8 Å². The Labute approximate surface area is 192 Å². The minimum Gasteiger partial charge on any atom is -0.866 e. The van der Waals surface area contributed by atoms with Crippen LogP contribution in [0.5, 0.6) is 5.75 Å². The van der Waals surface area contributed by atoms with Gasteiger partial charge in [-0.05, 0) is 56.4 Å². The number of hydrogen-bond acceptors (Lipinski definition) is 5. The highest BCUT2D eigenvalue weighted by Gasteiger charge is 2.24. The van der Waals surface area contributed by atoms with Gasteiger partial charge in [0.1, 0.15) is 5.75 Å². The van der Waals surface area contributed by atoms with Crippen molar-refractivity contribution in [1.82, 2.24) is 4.98 Å². The minimum absolute atomic E-state index is 0.238. The number of pyridine rings is 1. The van der Waals surface area contributed by atoms with Crippen LogP contribution < -0.4 is 19.7 Å². The molecule has 0 bridgehead atoms. The van der Waals surface area contributed by atoms with Gasteiger partial charge in [0.15, 0.2) is 17.4 Å². The van der Waals surface area contributed by atoms with E-state index in [2.05, 4.69) is 10.3 Å². The molecule has 3 aromatic rings. The van der Waals surface area contributed by atoms with Crippen LogP contribution in [-0.4, -0.2) is 29.7 Å². The molecule has 0 unspecified atom stereocenters. The Morgan fingerprint density at radius 1 is 1.16 bits per heavy atom. The molecule has 2 heterocycles. The van der Waals surface area contributed by atoms with Crippen LogP contribution in [-0.2, 0) is 4.74 Å². The Balaban J connectivity index is 2.06. The van der Waals surface area contributed by atoms with E-state index in [0.717, 1.165) is 11.4 Å². The molecule has 2 aromatic heterocycles. The van der Waals surface area contributed by atoms with Gasteiger partial charge in [-0.3, -0.25) is 0 Å². The highest BCUT2D eigenvalue weighted by molar-refractivity contribution is 7.81. The summed E-state index contributed by atoms with van der Waals surface area (Å²) in [6.07, 6.45) is 3.48. The number of nitrogens with one attached hydrogen (secondary N) is 2. The van der Waals surface area contributed by atoms with Crippen LogP contribution in [0.3, 0.4) is 0 Å². The monoisotopic (exact) mass is 451 g/mol. The lowest BCUT2D eigenvalue weighted by atomic mass is 10.1. The molecule has 3 rings (SSSR count). The van der Waals surface area contributed by atoms with Gasteiger partial charge < -0.3 is 24.9 Å². The van der Waals surface area contributed by atoms with Gasteiger partial charge in [0, 0.05) is 29.2 Å². The Morgan fingerprint density at radius 3 is 2.41 bits per heavy atom. The third-order valence-corrected chi connectivity index (χ3v) is 5.18. The van der Waals surface area contributed by atoms with E-state index in [9.17, 15) is 9.90 Å². The number of anilines is 1. The maximum absolute atomic E-state index is 13.6. The minimum atomic E-state index is -0.501. The van der Waals surface area contributed by atoms with Crippen LogP contribution in [0.4, 0.5) is 5.69 Å². The number of ether oxygens (including phenoxy) is 2. The summed E-state index contributed by atoms with van der Waals surface area (Å²) in [7, 11) is 1.31. The summed E-state index contributed by atoms with van der Waals surface area (Å²) in [6, 6.07) is 12.8. The molecule has 0 aliphatic carbocycles. The predicted molar refractivity (Wildman–Crippen MR) is 125 cm³/mol. The zero-order valence-electron chi connectivity index (χ0n) is 18.4. The van der Waals surface area contributed by atoms with Gasteiger partial charge >= 0.3 is 5.97 Å². The SMILES string of the molecule is CCOc1ccc(NC(=S)C(=C([O-])c2[nH]c(C)c(C(=O)OC)c2C)[n+]2ccccc2)cc1. The average Bonchev–Trinajstić information content (AvgIpc) is 3.09. The Kier molecular flexibility index (Phi) is 7.27. The second-order valence-electron chi connectivity index (χ2n) is 6.99. The van der Waals surface area contributed by atoms with Crippen molar-refractivity contribution in [2.45, 2.75) is 20.8 Å². The third-order valence-electron chi connectivity index (χ3n) is 4.88. The highest BCUT2D eigenvalue weighted by Crippen LogP contribution is 2.25. The number of nitrogens with zero attached hydrogens (tertiary/aromatic N) is 1. The van der Waals surface area contributed by atoms with Crippen LogP contribution in [0.25, 0.3) is 11.5 Å². The number of hydrogen-bond donors (Lipinski definition) is 2. The van der Waals surface area contributed by atoms with E-state index in [0.29, 0.717) is 23.4 Å². The molecule has 0 aliphatic rings. The zero-order chi connectivity index (χ0) is 23.3. The van der Waals surface area contributed by atoms with E-state index in [-0.39, 0.29) is 22.1 Å². The number of H-pyrrole nitrogens is 1.